The Hall–Kier alpha value is -1.05. The third kappa shape index (κ3) is 2.05. The summed E-state index contributed by atoms with van der Waals surface area (Å²) < 4.78 is 0. The van der Waals surface area contributed by atoms with E-state index in [1.807, 2.05) is 0 Å². The van der Waals surface area contributed by atoms with Gasteiger partial charge in [0.1, 0.15) is 0 Å². The summed E-state index contributed by atoms with van der Waals surface area (Å²) in [5, 5.41) is 9.06. The summed E-state index contributed by atoms with van der Waals surface area (Å²) in [4.78, 5) is 11.0. The molecule has 0 aromatic heterocycles. The van der Waals surface area contributed by atoms with Gasteiger partial charge in [-0.1, -0.05) is 32.1 Å². The van der Waals surface area contributed by atoms with Crippen molar-refractivity contribution in [2.24, 2.45) is 17.3 Å². The number of hydrogen-bond acceptors (Lipinski definition) is 1. The van der Waals surface area contributed by atoms with Crippen LogP contribution in [0, 0.1) is 17.3 Å². The molecular formula is C15H22O2. The van der Waals surface area contributed by atoms with Gasteiger partial charge in [-0.2, -0.15) is 0 Å². The fourth-order valence-corrected chi connectivity index (χ4v) is 3.51. The minimum absolute atomic E-state index is 0.127. The van der Waals surface area contributed by atoms with Gasteiger partial charge in [0.2, 0.25) is 0 Å². The third-order valence-electron chi connectivity index (χ3n) is 4.99. The first-order chi connectivity index (χ1) is 7.95. The van der Waals surface area contributed by atoms with E-state index in [2.05, 4.69) is 26.5 Å². The average molecular weight is 234 g/mol. The molecule has 0 amide bonds. The fourth-order valence-electron chi connectivity index (χ4n) is 3.51. The van der Waals surface area contributed by atoms with Crippen molar-refractivity contribution in [2.75, 3.05) is 0 Å². The molecule has 0 unspecified atom stereocenters. The Bertz CT molecular complexity index is 380. The van der Waals surface area contributed by atoms with Crippen molar-refractivity contribution in [1.82, 2.24) is 0 Å². The highest BCUT2D eigenvalue weighted by Gasteiger charge is 2.42. The molecule has 17 heavy (non-hydrogen) atoms. The number of fused-ring (bicyclic) bond motifs is 1. The van der Waals surface area contributed by atoms with E-state index in [4.69, 9.17) is 5.11 Å². The van der Waals surface area contributed by atoms with Crippen LogP contribution < -0.4 is 0 Å². The van der Waals surface area contributed by atoms with Crippen molar-refractivity contribution in [1.29, 1.82) is 0 Å². The average Bonchev–Trinajstić information content (AvgIpc) is 2.29. The molecule has 2 nitrogen and oxygen atoms in total. The van der Waals surface area contributed by atoms with E-state index in [0.29, 0.717) is 11.5 Å². The van der Waals surface area contributed by atoms with E-state index in [0.717, 1.165) is 12.8 Å². The maximum atomic E-state index is 11.0. The molecule has 2 aliphatic carbocycles. The zero-order valence-electron chi connectivity index (χ0n) is 10.8. The molecule has 94 valence electrons. The molecule has 0 bridgehead atoms. The Morgan fingerprint density at radius 3 is 2.94 bits per heavy atom. The van der Waals surface area contributed by atoms with Crippen LogP contribution in [0.25, 0.3) is 0 Å². The summed E-state index contributed by atoms with van der Waals surface area (Å²) in [6.45, 7) is 8.36. The monoisotopic (exact) mass is 234 g/mol. The van der Waals surface area contributed by atoms with E-state index in [1.54, 1.807) is 5.57 Å². The van der Waals surface area contributed by atoms with Gasteiger partial charge in [0.25, 0.3) is 0 Å². The number of carboxylic acids is 1. The van der Waals surface area contributed by atoms with E-state index in [1.165, 1.54) is 19.3 Å². The van der Waals surface area contributed by atoms with Gasteiger partial charge in [0, 0.05) is 5.57 Å². The molecule has 0 heterocycles. The Kier molecular flexibility index (Phi) is 3.15. The Morgan fingerprint density at radius 2 is 2.29 bits per heavy atom. The van der Waals surface area contributed by atoms with Gasteiger partial charge < -0.3 is 5.11 Å². The number of carbonyl (C=O) groups is 1. The van der Waals surface area contributed by atoms with Crippen molar-refractivity contribution < 1.29 is 9.90 Å². The Morgan fingerprint density at radius 1 is 1.59 bits per heavy atom. The van der Waals surface area contributed by atoms with Crippen molar-refractivity contribution in [3.8, 4) is 0 Å². The van der Waals surface area contributed by atoms with Gasteiger partial charge in [0.05, 0.1) is 0 Å². The van der Waals surface area contributed by atoms with Gasteiger partial charge in [-0.25, -0.2) is 4.79 Å². The van der Waals surface area contributed by atoms with Gasteiger partial charge in [-0.05, 0) is 49.4 Å². The molecule has 0 radical (unpaired) electrons. The largest absolute Gasteiger partial charge is 0.478 e. The van der Waals surface area contributed by atoms with E-state index < -0.39 is 5.97 Å². The van der Waals surface area contributed by atoms with Crippen molar-refractivity contribution >= 4 is 5.97 Å². The summed E-state index contributed by atoms with van der Waals surface area (Å²) >= 11 is 0. The molecule has 1 fully saturated rings. The zero-order chi connectivity index (χ0) is 12.6. The summed E-state index contributed by atoms with van der Waals surface area (Å²) in [6.07, 6.45) is 7.87. The molecule has 0 aromatic carbocycles. The lowest BCUT2D eigenvalue weighted by Crippen LogP contribution is -2.37. The molecule has 0 saturated heterocycles. The highest BCUT2D eigenvalue weighted by Crippen LogP contribution is 2.52. The smallest absolute Gasteiger partial charge is 0.331 e. The van der Waals surface area contributed by atoms with Gasteiger partial charge in [-0.15, -0.1) is 0 Å². The molecule has 1 N–H and O–H groups in total. The van der Waals surface area contributed by atoms with Crippen LogP contribution in [0.2, 0.25) is 0 Å². The number of rotatable bonds is 2. The Balaban J connectivity index is 2.23. The van der Waals surface area contributed by atoms with E-state index in [9.17, 15) is 4.79 Å². The first-order valence-corrected chi connectivity index (χ1v) is 6.56. The van der Waals surface area contributed by atoms with Crippen LogP contribution in [-0.2, 0) is 4.79 Å². The molecule has 0 aromatic rings. The standard InChI is InChI=1S/C15H22O2/c1-10-5-4-6-13-8-7-12(9-15(10,13)3)11(2)14(16)17/h8,10,12H,2,4-7,9H2,1,3H3,(H,16,17)/t10-,12+,15+/m1/s1. The lowest BCUT2D eigenvalue weighted by atomic mass is 9.58. The van der Waals surface area contributed by atoms with Gasteiger partial charge in [0.15, 0.2) is 0 Å². The minimum Gasteiger partial charge on any atom is -0.478 e. The predicted molar refractivity (Wildman–Crippen MR) is 68.7 cm³/mol. The topological polar surface area (TPSA) is 37.3 Å². The number of hydrogen-bond donors (Lipinski definition) is 1. The molecule has 2 rings (SSSR count). The highest BCUT2D eigenvalue weighted by molar-refractivity contribution is 5.86. The molecule has 0 spiro atoms. The quantitative estimate of drug-likeness (QED) is 0.583. The number of allylic oxidation sites excluding steroid dienone is 2. The van der Waals surface area contributed by atoms with Gasteiger partial charge >= 0.3 is 5.97 Å². The molecule has 2 heteroatoms. The maximum absolute atomic E-state index is 11.0. The second kappa shape index (κ2) is 4.32. The van der Waals surface area contributed by atoms with Crippen molar-refractivity contribution in [3.63, 3.8) is 0 Å². The SMILES string of the molecule is C=C(C(=O)O)[C@H]1CC=C2CCC[C@@H](C)[C@]2(C)C1. The van der Waals surface area contributed by atoms with E-state index >= 15 is 0 Å². The van der Waals surface area contributed by atoms with E-state index in [-0.39, 0.29) is 11.3 Å². The van der Waals surface area contributed by atoms with Crippen LogP contribution in [-0.4, -0.2) is 11.1 Å². The highest BCUT2D eigenvalue weighted by atomic mass is 16.4. The lowest BCUT2D eigenvalue weighted by Gasteiger charge is -2.47. The second-order valence-corrected chi connectivity index (χ2v) is 5.91. The van der Waals surface area contributed by atoms with Crippen LogP contribution in [0.4, 0.5) is 0 Å². The zero-order valence-corrected chi connectivity index (χ0v) is 10.8. The maximum Gasteiger partial charge on any atom is 0.331 e. The fraction of sp³-hybridized carbons (Fsp3) is 0.667. The number of aliphatic carboxylic acids is 1. The first-order valence-electron chi connectivity index (χ1n) is 6.56. The number of carboxylic acid groups (broad SMARTS) is 1. The van der Waals surface area contributed by atoms with Crippen LogP contribution in [0.3, 0.4) is 0 Å². The lowest BCUT2D eigenvalue weighted by molar-refractivity contribution is -0.133. The van der Waals surface area contributed by atoms with Crippen LogP contribution >= 0.6 is 0 Å². The summed E-state index contributed by atoms with van der Waals surface area (Å²) in [6, 6.07) is 0. The second-order valence-electron chi connectivity index (χ2n) is 5.91. The van der Waals surface area contributed by atoms with Crippen molar-refractivity contribution in [2.45, 2.75) is 46.0 Å². The molecule has 0 aliphatic heterocycles. The first kappa shape index (κ1) is 12.4. The van der Waals surface area contributed by atoms with Crippen molar-refractivity contribution in [3.05, 3.63) is 23.8 Å². The predicted octanol–water partition coefficient (Wildman–Crippen LogP) is 3.79. The third-order valence-corrected chi connectivity index (χ3v) is 4.99. The molecule has 2 aliphatic rings. The van der Waals surface area contributed by atoms with Crippen LogP contribution in [0.1, 0.15) is 46.0 Å². The molecular weight excluding hydrogens is 212 g/mol. The Labute approximate surface area is 103 Å². The normalized spacial score (nSPS) is 36.9. The minimum atomic E-state index is -0.834. The van der Waals surface area contributed by atoms with Crippen LogP contribution in [0.15, 0.2) is 23.8 Å². The summed E-state index contributed by atoms with van der Waals surface area (Å²) in [5.74, 6) is -0.0485. The molecule has 1 saturated carbocycles. The van der Waals surface area contributed by atoms with Crippen LogP contribution in [0.5, 0.6) is 0 Å². The molecule has 3 atom stereocenters. The van der Waals surface area contributed by atoms with Gasteiger partial charge in [-0.3, -0.25) is 0 Å². The summed E-state index contributed by atoms with van der Waals surface area (Å²) in [7, 11) is 0. The summed E-state index contributed by atoms with van der Waals surface area (Å²) in [5.41, 5.74) is 2.16.